The zero-order valence-electron chi connectivity index (χ0n) is 15.8. The van der Waals surface area contributed by atoms with Crippen LogP contribution >= 0.6 is 23.2 Å². The van der Waals surface area contributed by atoms with E-state index < -0.39 is 16.1 Å². The van der Waals surface area contributed by atoms with Gasteiger partial charge in [0.15, 0.2) is 6.10 Å². The summed E-state index contributed by atoms with van der Waals surface area (Å²) in [6, 6.07) is 11.6. The molecule has 0 saturated carbocycles. The molecule has 0 heterocycles. The highest BCUT2D eigenvalue weighted by Gasteiger charge is 2.19. The Labute approximate surface area is 175 Å². The number of hydrogen-bond donors (Lipinski definition) is 1. The molecule has 9 heteroatoms. The van der Waals surface area contributed by atoms with Gasteiger partial charge in [-0.05, 0) is 48.4 Å². The Balaban J connectivity index is 2.00. The summed E-state index contributed by atoms with van der Waals surface area (Å²) in [4.78, 5) is 12.4. The molecule has 0 aromatic heterocycles. The Bertz CT molecular complexity index is 933. The van der Waals surface area contributed by atoms with Gasteiger partial charge in [0.05, 0.1) is 11.9 Å². The Morgan fingerprint density at radius 2 is 1.82 bits per heavy atom. The number of ether oxygens (including phenoxy) is 1. The number of nitrogens with one attached hydrogen (secondary N) is 1. The molecule has 0 spiro atoms. The van der Waals surface area contributed by atoms with Crippen LogP contribution in [0.15, 0.2) is 42.5 Å². The quantitative estimate of drug-likeness (QED) is 0.670. The largest absolute Gasteiger partial charge is 0.481 e. The summed E-state index contributed by atoms with van der Waals surface area (Å²) in [5.41, 5.74) is 1.26. The van der Waals surface area contributed by atoms with E-state index in [2.05, 4.69) is 5.32 Å². The number of halogens is 2. The van der Waals surface area contributed by atoms with Crippen LogP contribution in [0, 0.1) is 0 Å². The monoisotopic (exact) mass is 444 g/mol. The third-order valence-corrected chi connectivity index (χ3v) is 5.90. The number of anilines is 1. The van der Waals surface area contributed by atoms with E-state index in [1.807, 2.05) is 6.92 Å². The summed E-state index contributed by atoms with van der Waals surface area (Å²) >= 11 is 12.0. The molecule has 0 unspecified atom stereocenters. The average Bonchev–Trinajstić information content (AvgIpc) is 2.64. The first kappa shape index (κ1) is 22.3. The molecule has 1 N–H and O–H groups in total. The lowest BCUT2D eigenvalue weighted by Crippen LogP contribution is -2.37. The third kappa shape index (κ3) is 6.02. The Hall–Kier alpha value is -1.96. The first-order valence-electron chi connectivity index (χ1n) is 8.54. The second-order valence-electron chi connectivity index (χ2n) is 6.19. The molecule has 0 bridgehead atoms. The SMILES string of the molecule is CC[C@H](Oc1ccc(N(C)S(C)(=O)=O)cc1)C(=O)NCc1ccc(Cl)cc1Cl. The van der Waals surface area contributed by atoms with Gasteiger partial charge in [-0.15, -0.1) is 0 Å². The summed E-state index contributed by atoms with van der Waals surface area (Å²) in [7, 11) is -1.87. The van der Waals surface area contributed by atoms with Crippen LogP contribution in [0.5, 0.6) is 5.75 Å². The minimum atomic E-state index is -3.34. The number of hydrogen-bond acceptors (Lipinski definition) is 4. The Morgan fingerprint density at radius 1 is 1.18 bits per heavy atom. The standard InChI is InChI=1S/C19H22Cl2N2O4S/c1-4-18(19(24)22-12-13-5-6-14(20)11-17(13)21)27-16-9-7-15(8-10-16)23(2)28(3,25)26/h5-11,18H,4,12H2,1-3H3,(H,22,24)/t18-/m0/s1. The zero-order valence-corrected chi connectivity index (χ0v) is 18.1. The number of sulfonamides is 1. The summed E-state index contributed by atoms with van der Waals surface area (Å²) in [5, 5.41) is 3.81. The van der Waals surface area contributed by atoms with Gasteiger partial charge in [-0.25, -0.2) is 8.42 Å². The predicted octanol–water partition coefficient (Wildman–Crippen LogP) is 3.86. The van der Waals surface area contributed by atoms with Crippen molar-refractivity contribution in [1.29, 1.82) is 0 Å². The topological polar surface area (TPSA) is 75.7 Å². The third-order valence-electron chi connectivity index (χ3n) is 4.11. The first-order chi connectivity index (χ1) is 13.1. The molecular weight excluding hydrogens is 423 g/mol. The molecule has 2 aromatic rings. The van der Waals surface area contributed by atoms with Crippen LogP contribution < -0.4 is 14.4 Å². The molecule has 28 heavy (non-hydrogen) atoms. The number of carbonyl (C=O) groups excluding carboxylic acids is 1. The van der Waals surface area contributed by atoms with Gasteiger partial charge in [-0.2, -0.15) is 0 Å². The van der Waals surface area contributed by atoms with E-state index in [1.165, 1.54) is 7.05 Å². The van der Waals surface area contributed by atoms with E-state index in [1.54, 1.807) is 42.5 Å². The van der Waals surface area contributed by atoms with E-state index in [0.717, 1.165) is 16.1 Å². The van der Waals surface area contributed by atoms with Crippen LogP contribution in [-0.2, 0) is 21.4 Å². The summed E-state index contributed by atoms with van der Waals surface area (Å²) in [6.07, 6.45) is 0.900. The highest BCUT2D eigenvalue weighted by Crippen LogP contribution is 2.22. The lowest BCUT2D eigenvalue weighted by atomic mass is 10.2. The molecule has 6 nitrogen and oxygen atoms in total. The van der Waals surface area contributed by atoms with Gasteiger partial charge in [0.25, 0.3) is 5.91 Å². The van der Waals surface area contributed by atoms with Crippen molar-refractivity contribution in [3.8, 4) is 5.75 Å². The fraction of sp³-hybridized carbons (Fsp3) is 0.316. The maximum absolute atomic E-state index is 12.4. The zero-order chi connectivity index (χ0) is 20.9. The predicted molar refractivity (Wildman–Crippen MR) is 113 cm³/mol. The molecule has 2 rings (SSSR count). The van der Waals surface area contributed by atoms with Crippen molar-refractivity contribution in [2.75, 3.05) is 17.6 Å². The number of rotatable bonds is 8. The van der Waals surface area contributed by atoms with Crippen molar-refractivity contribution < 1.29 is 17.9 Å². The molecular formula is C19H22Cl2N2O4S. The van der Waals surface area contributed by atoms with Crippen LogP contribution in [0.2, 0.25) is 10.0 Å². The smallest absolute Gasteiger partial charge is 0.261 e. The van der Waals surface area contributed by atoms with Crippen LogP contribution in [0.4, 0.5) is 5.69 Å². The molecule has 1 amide bonds. The highest BCUT2D eigenvalue weighted by molar-refractivity contribution is 7.92. The van der Waals surface area contributed by atoms with E-state index in [4.69, 9.17) is 27.9 Å². The molecule has 0 aliphatic carbocycles. The van der Waals surface area contributed by atoms with E-state index in [9.17, 15) is 13.2 Å². The maximum atomic E-state index is 12.4. The summed E-state index contributed by atoms with van der Waals surface area (Å²) in [5.74, 6) is 0.197. The minimum absolute atomic E-state index is 0.257. The van der Waals surface area contributed by atoms with Crippen molar-refractivity contribution in [2.24, 2.45) is 0 Å². The Morgan fingerprint density at radius 3 is 2.36 bits per heavy atom. The lowest BCUT2D eigenvalue weighted by molar-refractivity contribution is -0.128. The Kier molecular flexibility index (Phi) is 7.57. The van der Waals surface area contributed by atoms with Gasteiger partial charge in [-0.1, -0.05) is 36.2 Å². The fourth-order valence-corrected chi connectivity index (χ4v) is 3.35. The number of nitrogens with zero attached hydrogens (tertiary/aromatic N) is 1. The van der Waals surface area contributed by atoms with Gasteiger partial charge >= 0.3 is 0 Å². The van der Waals surface area contributed by atoms with Gasteiger partial charge in [0.2, 0.25) is 10.0 Å². The minimum Gasteiger partial charge on any atom is -0.481 e. The molecule has 0 fully saturated rings. The maximum Gasteiger partial charge on any atom is 0.261 e. The van der Waals surface area contributed by atoms with Gasteiger partial charge < -0.3 is 10.1 Å². The first-order valence-corrected chi connectivity index (χ1v) is 11.1. The molecule has 0 saturated heterocycles. The van der Waals surface area contributed by atoms with E-state index in [0.29, 0.717) is 27.9 Å². The van der Waals surface area contributed by atoms with Crippen LogP contribution in [-0.4, -0.2) is 33.7 Å². The fourth-order valence-electron chi connectivity index (χ4n) is 2.37. The van der Waals surface area contributed by atoms with Crippen molar-refractivity contribution in [2.45, 2.75) is 26.0 Å². The van der Waals surface area contributed by atoms with Gasteiger partial charge in [-0.3, -0.25) is 9.10 Å². The van der Waals surface area contributed by atoms with E-state index >= 15 is 0 Å². The molecule has 0 radical (unpaired) electrons. The van der Waals surface area contributed by atoms with Crippen molar-refractivity contribution in [1.82, 2.24) is 5.32 Å². The van der Waals surface area contributed by atoms with Crippen LogP contribution in [0.25, 0.3) is 0 Å². The normalized spacial score (nSPS) is 12.3. The van der Waals surface area contributed by atoms with Crippen molar-refractivity contribution in [3.63, 3.8) is 0 Å². The summed E-state index contributed by atoms with van der Waals surface area (Å²) in [6.45, 7) is 2.10. The average molecular weight is 445 g/mol. The van der Waals surface area contributed by atoms with Crippen molar-refractivity contribution in [3.05, 3.63) is 58.1 Å². The lowest BCUT2D eigenvalue weighted by Gasteiger charge is -2.19. The molecule has 0 aliphatic rings. The number of carbonyl (C=O) groups is 1. The van der Waals surface area contributed by atoms with Crippen molar-refractivity contribution >= 4 is 44.8 Å². The second-order valence-corrected chi connectivity index (χ2v) is 9.05. The molecule has 152 valence electrons. The van der Waals surface area contributed by atoms with Gasteiger partial charge in [0, 0.05) is 23.6 Å². The summed E-state index contributed by atoms with van der Waals surface area (Å²) < 4.78 is 30.1. The highest BCUT2D eigenvalue weighted by atomic mass is 35.5. The van der Waals surface area contributed by atoms with Gasteiger partial charge in [0.1, 0.15) is 5.75 Å². The van der Waals surface area contributed by atoms with E-state index in [-0.39, 0.29) is 12.5 Å². The molecule has 0 aliphatic heterocycles. The second kappa shape index (κ2) is 9.49. The molecule has 2 aromatic carbocycles. The molecule has 1 atom stereocenters. The van der Waals surface area contributed by atoms with Crippen LogP contribution in [0.3, 0.4) is 0 Å². The number of amides is 1. The van der Waals surface area contributed by atoms with Crippen LogP contribution in [0.1, 0.15) is 18.9 Å². The number of benzene rings is 2.